The molecular weight excluding hydrogens is 314 g/mol. The third kappa shape index (κ3) is 1.99. The number of nitrogens with two attached hydrogens (primary N) is 1. The number of carbonyl (C=O) groups is 1. The Morgan fingerprint density at radius 1 is 1.35 bits per heavy atom. The first-order chi connectivity index (χ1) is 9.52. The van der Waals surface area contributed by atoms with E-state index in [0.717, 1.165) is 26.4 Å². The molecule has 1 saturated heterocycles. The summed E-state index contributed by atoms with van der Waals surface area (Å²) in [6, 6.07) is 5.82. The zero-order valence-electron chi connectivity index (χ0n) is 10.7. The van der Waals surface area contributed by atoms with Gasteiger partial charge in [-0.3, -0.25) is 4.79 Å². The van der Waals surface area contributed by atoms with E-state index in [-0.39, 0.29) is 5.91 Å². The normalized spacial score (nSPS) is 21.8. The van der Waals surface area contributed by atoms with Crippen LogP contribution in [0.15, 0.2) is 33.0 Å². The van der Waals surface area contributed by atoms with Crippen molar-refractivity contribution >= 4 is 51.7 Å². The number of hydrogen-bond acceptors (Lipinski definition) is 7. The van der Waals surface area contributed by atoms with Crippen molar-refractivity contribution in [3.63, 3.8) is 0 Å². The van der Waals surface area contributed by atoms with E-state index < -0.39 is 0 Å². The van der Waals surface area contributed by atoms with Crippen molar-refractivity contribution in [1.29, 1.82) is 0 Å². The number of rotatable bonds is 1. The predicted molar refractivity (Wildman–Crippen MR) is 85.5 cm³/mol. The quantitative estimate of drug-likeness (QED) is 0.367. The fourth-order valence-corrected chi connectivity index (χ4v) is 4.37. The summed E-state index contributed by atoms with van der Waals surface area (Å²) < 4.78 is 5.61. The molecule has 0 radical (unpaired) electrons. The molecule has 2 N–H and O–H groups in total. The number of fused-ring (bicyclic) bond motifs is 1. The summed E-state index contributed by atoms with van der Waals surface area (Å²) in [5, 5.41) is 1.86. The fraction of sp³-hybridized carbons (Fsp3) is 0.167. The van der Waals surface area contributed by atoms with Crippen LogP contribution in [-0.2, 0) is 4.79 Å². The first-order valence-electron chi connectivity index (χ1n) is 5.67. The maximum atomic E-state index is 12.1. The van der Waals surface area contributed by atoms with Crippen LogP contribution < -0.4 is 15.5 Å². The minimum Gasteiger partial charge on any atom is -0.497 e. The largest absolute Gasteiger partial charge is 0.497 e. The SMILES string of the molecule is COc1ccc2c(c1)N(C)/C(=C1/SC(=S)N(N)C1=O)S2. The van der Waals surface area contributed by atoms with Gasteiger partial charge >= 0.3 is 0 Å². The second-order valence-electron chi connectivity index (χ2n) is 4.17. The number of nitrogens with zero attached hydrogens (tertiary/aromatic N) is 2. The first-order valence-corrected chi connectivity index (χ1v) is 7.72. The molecule has 0 saturated carbocycles. The topological polar surface area (TPSA) is 58.8 Å². The molecule has 1 aromatic rings. The van der Waals surface area contributed by atoms with E-state index >= 15 is 0 Å². The number of methoxy groups -OCH3 is 1. The average molecular weight is 325 g/mol. The van der Waals surface area contributed by atoms with E-state index in [4.69, 9.17) is 22.8 Å². The maximum absolute atomic E-state index is 12.1. The van der Waals surface area contributed by atoms with Crippen LogP contribution in [0, 0.1) is 0 Å². The minimum absolute atomic E-state index is 0.255. The third-order valence-corrected chi connectivity index (χ3v) is 5.79. The lowest BCUT2D eigenvalue weighted by Crippen LogP contribution is -2.35. The second kappa shape index (κ2) is 4.96. The summed E-state index contributed by atoms with van der Waals surface area (Å²) >= 11 is 7.82. The second-order valence-corrected chi connectivity index (χ2v) is 6.85. The van der Waals surface area contributed by atoms with Gasteiger partial charge in [0.1, 0.15) is 10.7 Å². The van der Waals surface area contributed by atoms with Gasteiger partial charge in [0, 0.05) is 18.0 Å². The molecule has 0 aromatic heterocycles. The summed E-state index contributed by atoms with van der Waals surface area (Å²) in [5.41, 5.74) is 1.01. The molecule has 5 nitrogen and oxygen atoms in total. The highest BCUT2D eigenvalue weighted by Crippen LogP contribution is 2.50. The lowest BCUT2D eigenvalue weighted by Gasteiger charge is -2.15. The van der Waals surface area contributed by atoms with Gasteiger partial charge in [0.15, 0.2) is 4.32 Å². The Kier molecular flexibility index (Phi) is 3.41. The Bertz CT molecular complexity index is 659. The summed E-state index contributed by atoms with van der Waals surface area (Å²) in [7, 11) is 3.54. The highest BCUT2D eigenvalue weighted by atomic mass is 32.2. The molecule has 1 aromatic carbocycles. The third-order valence-electron chi connectivity index (χ3n) is 3.03. The Balaban J connectivity index is 2.04. The van der Waals surface area contributed by atoms with Gasteiger partial charge in [0.25, 0.3) is 5.91 Å². The van der Waals surface area contributed by atoms with Crippen molar-refractivity contribution in [2.45, 2.75) is 4.90 Å². The summed E-state index contributed by atoms with van der Waals surface area (Å²) in [6.45, 7) is 0. The van der Waals surface area contributed by atoms with Crippen LogP contribution in [0.25, 0.3) is 0 Å². The van der Waals surface area contributed by atoms with Crippen LogP contribution in [0.5, 0.6) is 5.75 Å². The standard InChI is InChI=1S/C12H11N3O2S3/c1-14-7-5-6(17-2)3-4-8(7)19-11(14)9-10(16)15(13)12(18)20-9/h3-5H,13H2,1-2H3/b11-9-. The number of amides is 1. The zero-order chi connectivity index (χ0) is 14.4. The van der Waals surface area contributed by atoms with Crippen LogP contribution in [0.3, 0.4) is 0 Å². The van der Waals surface area contributed by atoms with E-state index in [0.29, 0.717) is 9.23 Å². The Hall–Kier alpha value is -1.22. The van der Waals surface area contributed by atoms with E-state index in [2.05, 4.69) is 0 Å². The summed E-state index contributed by atoms with van der Waals surface area (Å²) in [5.74, 6) is 6.14. The number of anilines is 1. The summed E-state index contributed by atoms with van der Waals surface area (Å²) in [4.78, 5) is 15.7. The van der Waals surface area contributed by atoms with Crippen LogP contribution in [0.4, 0.5) is 5.69 Å². The molecular formula is C12H11N3O2S3. The molecule has 104 valence electrons. The lowest BCUT2D eigenvalue weighted by atomic mass is 10.3. The average Bonchev–Trinajstić information content (AvgIpc) is 2.91. The van der Waals surface area contributed by atoms with Crippen molar-refractivity contribution in [3.8, 4) is 5.75 Å². The van der Waals surface area contributed by atoms with Crippen LogP contribution in [0.1, 0.15) is 0 Å². The molecule has 8 heteroatoms. The Morgan fingerprint density at radius 3 is 2.70 bits per heavy atom. The number of benzene rings is 1. The molecule has 1 amide bonds. The first kappa shape index (κ1) is 13.7. The van der Waals surface area contributed by atoms with E-state index in [1.807, 2.05) is 30.1 Å². The minimum atomic E-state index is -0.255. The van der Waals surface area contributed by atoms with Gasteiger partial charge in [-0.15, -0.1) is 0 Å². The lowest BCUT2D eigenvalue weighted by molar-refractivity contribution is -0.122. The molecule has 2 heterocycles. The number of carbonyl (C=O) groups excluding carboxylic acids is 1. The van der Waals surface area contributed by atoms with Crippen LogP contribution in [0.2, 0.25) is 0 Å². The van der Waals surface area contributed by atoms with Crippen molar-refractivity contribution in [1.82, 2.24) is 5.01 Å². The number of ether oxygens (including phenoxy) is 1. The van der Waals surface area contributed by atoms with E-state index in [9.17, 15) is 4.79 Å². The Labute approximate surface area is 130 Å². The van der Waals surface area contributed by atoms with Gasteiger partial charge in [-0.2, -0.15) is 0 Å². The van der Waals surface area contributed by atoms with E-state index in [1.54, 1.807) is 7.11 Å². The molecule has 20 heavy (non-hydrogen) atoms. The molecule has 2 aliphatic rings. The molecule has 3 rings (SSSR count). The number of hydrazine groups is 1. The molecule has 2 aliphatic heterocycles. The van der Waals surface area contributed by atoms with E-state index in [1.165, 1.54) is 23.5 Å². The molecule has 0 aliphatic carbocycles. The molecule has 0 unspecified atom stereocenters. The van der Waals surface area contributed by atoms with Crippen LogP contribution >= 0.6 is 35.7 Å². The molecule has 1 fully saturated rings. The van der Waals surface area contributed by atoms with Gasteiger partial charge in [0.2, 0.25) is 0 Å². The molecule has 0 bridgehead atoms. The van der Waals surface area contributed by atoms with Crippen molar-refractivity contribution < 1.29 is 9.53 Å². The van der Waals surface area contributed by atoms with Gasteiger partial charge in [-0.25, -0.2) is 10.9 Å². The zero-order valence-corrected chi connectivity index (χ0v) is 13.2. The molecule has 0 atom stereocenters. The van der Waals surface area contributed by atoms with Crippen molar-refractivity contribution in [2.75, 3.05) is 19.1 Å². The highest BCUT2D eigenvalue weighted by molar-refractivity contribution is 8.27. The van der Waals surface area contributed by atoms with Gasteiger partial charge < -0.3 is 9.64 Å². The van der Waals surface area contributed by atoms with Gasteiger partial charge in [0.05, 0.1) is 17.8 Å². The van der Waals surface area contributed by atoms with Gasteiger partial charge in [-0.1, -0.05) is 35.7 Å². The molecule has 0 spiro atoms. The summed E-state index contributed by atoms with van der Waals surface area (Å²) in [6.07, 6.45) is 0. The monoisotopic (exact) mass is 325 g/mol. The predicted octanol–water partition coefficient (Wildman–Crippen LogP) is 2.14. The number of thiocarbonyl (C=S) groups is 1. The fourth-order valence-electron chi connectivity index (χ4n) is 1.96. The highest BCUT2D eigenvalue weighted by Gasteiger charge is 2.37. The van der Waals surface area contributed by atoms with Crippen molar-refractivity contribution in [3.05, 3.63) is 28.1 Å². The van der Waals surface area contributed by atoms with Crippen LogP contribution in [-0.4, -0.2) is 29.4 Å². The smallest absolute Gasteiger partial charge is 0.283 e. The number of thioether (sulfide) groups is 2. The Morgan fingerprint density at radius 2 is 2.10 bits per heavy atom. The number of hydrogen-bond donors (Lipinski definition) is 1. The van der Waals surface area contributed by atoms with Crippen molar-refractivity contribution in [2.24, 2.45) is 5.84 Å². The van der Waals surface area contributed by atoms with Gasteiger partial charge in [-0.05, 0) is 12.1 Å². The maximum Gasteiger partial charge on any atom is 0.283 e.